The molecular formula is C15H18N2O2S. The molecule has 0 atom stereocenters. The summed E-state index contributed by atoms with van der Waals surface area (Å²) in [7, 11) is 0. The van der Waals surface area contributed by atoms with Crippen molar-refractivity contribution in [1.29, 1.82) is 0 Å². The summed E-state index contributed by atoms with van der Waals surface area (Å²) in [6.07, 6.45) is 0.741. The van der Waals surface area contributed by atoms with Crippen molar-refractivity contribution < 1.29 is 9.90 Å². The van der Waals surface area contributed by atoms with Gasteiger partial charge in [0.05, 0.1) is 11.6 Å². The number of amides is 1. The van der Waals surface area contributed by atoms with Crippen LogP contribution in [0.3, 0.4) is 0 Å². The molecule has 1 aromatic carbocycles. The summed E-state index contributed by atoms with van der Waals surface area (Å²) in [5, 5.41) is 11.7. The van der Waals surface area contributed by atoms with Gasteiger partial charge >= 0.3 is 0 Å². The van der Waals surface area contributed by atoms with Crippen molar-refractivity contribution in [2.24, 2.45) is 0 Å². The minimum Gasteiger partial charge on any atom is -0.395 e. The number of carbonyl (C=O) groups excluding carboxylic acids is 1. The fourth-order valence-corrected chi connectivity index (χ4v) is 2.75. The first kappa shape index (κ1) is 14.7. The Labute approximate surface area is 122 Å². The summed E-state index contributed by atoms with van der Waals surface area (Å²) in [6.45, 7) is 2.79. The highest BCUT2D eigenvalue weighted by atomic mass is 32.1. The topological polar surface area (TPSA) is 53.4 Å². The number of aliphatic hydroxyl groups excluding tert-OH is 1. The van der Waals surface area contributed by atoms with Crippen molar-refractivity contribution in [3.63, 3.8) is 0 Å². The lowest BCUT2D eigenvalue weighted by Crippen LogP contribution is -2.33. The zero-order valence-corrected chi connectivity index (χ0v) is 12.3. The number of carbonyl (C=O) groups is 1. The van der Waals surface area contributed by atoms with Crippen LogP contribution < -0.4 is 0 Å². The average Bonchev–Trinajstić information content (AvgIpc) is 2.93. The van der Waals surface area contributed by atoms with Gasteiger partial charge in [0.25, 0.3) is 5.91 Å². The predicted octanol–water partition coefficient (Wildman–Crippen LogP) is 2.19. The second-order valence-electron chi connectivity index (χ2n) is 4.40. The first-order chi connectivity index (χ1) is 9.74. The molecule has 0 aliphatic rings. The van der Waals surface area contributed by atoms with Crippen molar-refractivity contribution in [3.05, 3.63) is 52.0 Å². The van der Waals surface area contributed by atoms with Gasteiger partial charge in [0, 0.05) is 24.9 Å². The maximum atomic E-state index is 12.2. The molecule has 0 radical (unpaired) electrons. The van der Waals surface area contributed by atoms with Crippen molar-refractivity contribution in [3.8, 4) is 0 Å². The van der Waals surface area contributed by atoms with Crippen LogP contribution in [-0.4, -0.2) is 40.6 Å². The maximum Gasteiger partial charge on any atom is 0.273 e. The highest BCUT2D eigenvalue weighted by Crippen LogP contribution is 2.16. The smallest absolute Gasteiger partial charge is 0.273 e. The van der Waals surface area contributed by atoms with Gasteiger partial charge in [-0.25, -0.2) is 4.98 Å². The quantitative estimate of drug-likeness (QED) is 0.887. The Morgan fingerprint density at radius 1 is 1.35 bits per heavy atom. The third-order valence-electron chi connectivity index (χ3n) is 3.01. The molecule has 106 valence electrons. The molecule has 0 bridgehead atoms. The normalized spacial score (nSPS) is 10.5. The molecule has 2 rings (SSSR count). The Balaban J connectivity index is 2.06. The number of benzene rings is 1. The number of thiazole rings is 1. The molecule has 4 nitrogen and oxygen atoms in total. The lowest BCUT2D eigenvalue weighted by atomic mass is 10.2. The van der Waals surface area contributed by atoms with Gasteiger partial charge in [-0.15, -0.1) is 11.3 Å². The van der Waals surface area contributed by atoms with Crippen LogP contribution in [0, 0.1) is 0 Å². The van der Waals surface area contributed by atoms with E-state index in [0.29, 0.717) is 18.8 Å². The van der Waals surface area contributed by atoms with Crippen molar-refractivity contribution in [2.45, 2.75) is 13.3 Å². The molecular weight excluding hydrogens is 272 g/mol. The number of nitrogens with zero attached hydrogens (tertiary/aromatic N) is 2. The van der Waals surface area contributed by atoms with Gasteiger partial charge in [0.2, 0.25) is 0 Å². The largest absolute Gasteiger partial charge is 0.395 e. The summed E-state index contributed by atoms with van der Waals surface area (Å²) in [4.78, 5) is 18.2. The fraction of sp³-hybridized carbons (Fsp3) is 0.333. The van der Waals surface area contributed by atoms with E-state index in [0.717, 1.165) is 11.4 Å². The molecule has 0 spiro atoms. The van der Waals surface area contributed by atoms with Crippen LogP contribution in [-0.2, 0) is 6.42 Å². The van der Waals surface area contributed by atoms with Crippen LogP contribution in [0.2, 0.25) is 0 Å². The number of aliphatic hydroxyl groups is 1. The molecule has 1 N–H and O–H groups in total. The first-order valence-corrected chi connectivity index (χ1v) is 7.51. The van der Waals surface area contributed by atoms with Gasteiger partial charge < -0.3 is 10.0 Å². The van der Waals surface area contributed by atoms with E-state index in [1.165, 1.54) is 16.9 Å². The van der Waals surface area contributed by atoms with Crippen LogP contribution in [0.25, 0.3) is 0 Å². The van der Waals surface area contributed by atoms with Crippen LogP contribution in [0.4, 0.5) is 0 Å². The summed E-state index contributed by atoms with van der Waals surface area (Å²) in [6, 6.07) is 10.1. The molecule has 0 unspecified atom stereocenters. The van der Waals surface area contributed by atoms with E-state index in [1.54, 1.807) is 10.3 Å². The van der Waals surface area contributed by atoms with Crippen LogP contribution in [0.15, 0.2) is 35.7 Å². The zero-order valence-electron chi connectivity index (χ0n) is 11.5. The van der Waals surface area contributed by atoms with Crippen LogP contribution in [0.5, 0.6) is 0 Å². The Kier molecular flexibility index (Phi) is 5.26. The van der Waals surface area contributed by atoms with Gasteiger partial charge in [-0.2, -0.15) is 0 Å². The van der Waals surface area contributed by atoms with Crippen LogP contribution >= 0.6 is 11.3 Å². The molecule has 0 saturated heterocycles. The summed E-state index contributed by atoms with van der Waals surface area (Å²) >= 11 is 1.50. The molecule has 0 fully saturated rings. The highest BCUT2D eigenvalue weighted by Gasteiger charge is 2.16. The van der Waals surface area contributed by atoms with E-state index in [2.05, 4.69) is 4.98 Å². The summed E-state index contributed by atoms with van der Waals surface area (Å²) in [5.41, 5.74) is 1.65. The number of rotatable bonds is 6. The van der Waals surface area contributed by atoms with Gasteiger partial charge in [-0.1, -0.05) is 30.3 Å². The lowest BCUT2D eigenvalue weighted by molar-refractivity contribution is 0.0727. The van der Waals surface area contributed by atoms with Crippen LogP contribution in [0.1, 0.15) is 28.0 Å². The standard InChI is InChI=1S/C15H18N2O2S/c1-2-17(8-9-18)15(19)13-11-20-14(16-13)10-12-6-4-3-5-7-12/h3-7,11,18H,2,8-10H2,1H3. The van der Waals surface area contributed by atoms with E-state index in [9.17, 15) is 4.79 Å². The number of hydrogen-bond donors (Lipinski definition) is 1. The van der Waals surface area contributed by atoms with Gasteiger partial charge in [-0.3, -0.25) is 4.79 Å². The molecule has 1 aromatic heterocycles. The Hall–Kier alpha value is -1.72. The second-order valence-corrected chi connectivity index (χ2v) is 5.34. The summed E-state index contributed by atoms with van der Waals surface area (Å²) in [5.74, 6) is -0.114. The number of hydrogen-bond acceptors (Lipinski definition) is 4. The van der Waals surface area contributed by atoms with Crippen molar-refractivity contribution in [2.75, 3.05) is 19.7 Å². The minimum atomic E-state index is -0.114. The third kappa shape index (κ3) is 3.65. The monoisotopic (exact) mass is 290 g/mol. The molecule has 0 saturated carbocycles. The maximum absolute atomic E-state index is 12.2. The first-order valence-electron chi connectivity index (χ1n) is 6.63. The number of aromatic nitrogens is 1. The average molecular weight is 290 g/mol. The SMILES string of the molecule is CCN(CCO)C(=O)c1csc(Cc2ccccc2)n1. The van der Waals surface area contributed by atoms with E-state index >= 15 is 0 Å². The van der Waals surface area contributed by atoms with E-state index < -0.39 is 0 Å². The van der Waals surface area contributed by atoms with Gasteiger partial charge in [0.15, 0.2) is 0 Å². The molecule has 1 heterocycles. The van der Waals surface area contributed by atoms with Gasteiger partial charge in [-0.05, 0) is 12.5 Å². The molecule has 0 aliphatic carbocycles. The summed E-state index contributed by atoms with van der Waals surface area (Å²) < 4.78 is 0. The molecule has 5 heteroatoms. The molecule has 0 aliphatic heterocycles. The van der Waals surface area contributed by atoms with Crippen molar-refractivity contribution >= 4 is 17.2 Å². The van der Waals surface area contributed by atoms with E-state index in [4.69, 9.17) is 5.11 Å². The van der Waals surface area contributed by atoms with Crippen molar-refractivity contribution in [1.82, 2.24) is 9.88 Å². The fourth-order valence-electron chi connectivity index (χ4n) is 1.95. The molecule has 2 aromatic rings. The Morgan fingerprint density at radius 3 is 2.75 bits per heavy atom. The third-order valence-corrected chi connectivity index (χ3v) is 3.86. The van der Waals surface area contributed by atoms with E-state index in [1.807, 2.05) is 37.3 Å². The highest BCUT2D eigenvalue weighted by molar-refractivity contribution is 7.09. The predicted molar refractivity (Wildman–Crippen MR) is 80.0 cm³/mol. The van der Waals surface area contributed by atoms with Gasteiger partial charge in [0.1, 0.15) is 5.69 Å². The van der Waals surface area contributed by atoms with E-state index in [-0.39, 0.29) is 12.5 Å². The second kappa shape index (κ2) is 7.17. The lowest BCUT2D eigenvalue weighted by Gasteiger charge is -2.18. The number of likely N-dealkylation sites (N-methyl/N-ethyl adjacent to an activating group) is 1. The Bertz CT molecular complexity index is 554. The Morgan fingerprint density at radius 2 is 2.10 bits per heavy atom. The molecule has 20 heavy (non-hydrogen) atoms. The zero-order chi connectivity index (χ0) is 14.4. The molecule has 1 amide bonds. The minimum absolute atomic E-state index is 0.0272.